The van der Waals surface area contributed by atoms with Gasteiger partial charge >= 0.3 is 5.97 Å². The molecule has 0 spiro atoms. The third-order valence-corrected chi connectivity index (χ3v) is 3.17. The molecule has 0 unspecified atom stereocenters. The number of amides is 1. The van der Waals surface area contributed by atoms with Gasteiger partial charge in [-0.15, -0.1) is 0 Å². The molecule has 0 heterocycles. The highest BCUT2D eigenvalue weighted by Gasteiger charge is 2.04. The molecule has 25 heavy (non-hydrogen) atoms. The quantitative estimate of drug-likeness (QED) is 0.472. The van der Waals surface area contributed by atoms with Crippen LogP contribution in [0.1, 0.15) is 15.9 Å². The summed E-state index contributed by atoms with van der Waals surface area (Å²) in [7, 11) is 2.85. The Bertz CT molecular complexity index is 756. The highest BCUT2D eigenvalue weighted by atomic mass is 16.6. The van der Waals surface area contributed by atoms with E-state index in [-0.39, 0.29) is 12.5 Å². The first-order chi connectivity index (χ1) is 12.1. The van der Waals surface area contributed by atoms with Gasteiger partial charge in [0.15, 0.2) is 6.61 Å². The van der Waals surface area contributed by atoms with Crippen molar-refractivity contribution in [1.82, 2.24) is 5.43 Å². The summed E-state index contributed by atoms with van der Waals surface area (Å²) in [5, 5.41) is 3.91. The summed E-state index contributed by atoms with van der Waals surface area (Å²) < 4.78 is 14.8. The molecule has 0 saturated carbocycles. The largest absolute Gasteiger partial charge is 0.497 e. The number of rotatable bonds is 7. The second kappa shape index (κ2) is 9.07. The van der Waals surface area contributed by atoms with Crippen LogP contribution in [0.2, 0.25) is 0 Å². The third kappa shape index (κ3) is 5.65. The van der Waals surface area contributed by atoms with E-state index < -0.39 is 5.97 Å². The van der Waals surface area contributed by atoms with Crippen molar-refractivity contribution in [2.24, 2.45) is 5.10 Å². The van der Waals surface area contributed by atoms with E-state index in [1.54, 1.807) is 55.6 Å². The number of hydrazone groups is 1. The van der Waals surface area contributed by atoms with E-state index in [4.69, 9.17) is 9.47 Å². The van der Waals surface area contributed by atoms with E-state index in [0.29, 0.717) is 22.6 Å². The smallest absolute Gasteiger partial charge is 0.343 e. The molecule has 0 aromatic heterocycles. The van der Waals surface area contributed by atoms with Gasteiger partial charge in [0.25, 0.3) is 5.91 Å². The van der Waals surface area contributed by atoms with Crippen LogP contribution in [0.3, 0.4) is 0 Å². The Morgan fingerprint density at radius 1 is 1.08 bits per heavy atom. The lowest BCUT2D eigenvalue weighted by Crippen LogP contribution is -2.17. The molecule has 1 N–H and O–H groups in total. The molecule has 1 amide bonds. The minimum absolute atomic E-state index is 0.175. The number of methoxy groups -OCH3 is 2. The van der Waals surface area contributed by atoms with Crippen LogP contribution in [0.15, 0.2) is 53.6 Å². The normalized spacial score (nSPS) is 10.3. The van der Waals surface area contributed by atoms with E-state index in [0.717, 1.165) is 0 Å². The zero-order valence-corrected chi connectivity index (χ0v) is 13.9. The lowest BCUT2D eigenvalue weighted by atomic mass is 10.2. The lowest BCUT2D eigenvalue weighted by Gasteiger charge is -2.05. The van der Waals surface area contributed by atoms with Crippen molar-refractivity contribution in [3.63, 3.8) is 0 Å². The van der Waals surface area contributed by atoms with Crippen LogP contribution in [0, 0.1) is 0 Å². The Labute approximate surface area is 145 Å². The molecule has 0 radical (unpaired) electrons. The fraction of sp³-hybridized carbons (Fsp3) is 0.167. The second-order valence-electron chi connectivity index (χ2n) is 4.86. The Morgan fingerprint density at radius 2 is 1.84 bits per heavy atom. The molecule has 0 atom stereocenters. The van der Waals surface area contributed by atoms with Crippen LogP contribution in [-0.4, -0.2) is 38.9 Å². The molecule has 0 bridgehead atoms. The van der Waals surface area contributed by atoms with Crippen molar-refractivity contribution >= 4 is 18.1 Å². The van der Waals surface area contributed by atoms with Gasteiger partial charge < -0.3 is 14.2 Å². The Balaban J connectivity index is 1.92. The fourth-order valence-electron chi connectivity index (χ4n) is 1.86. The zero-order chi connectivity index (χ0) is 18.1. The molecular weight excluding hydrogens is 324 g/mol. The summed E-state index contributed by atoms with van der Waals surface area (Å²) in [6.07, 6.45) is 1.48. The van der Waals surface area contributed by atoms with Crippen LogP contribution in [0.5, 0.6) is 11.5 Å². The van der Waals surface area contributed by atoms with Gasteiger partial charge in [0.05, 0.1) is 20.4 Å². The van der Waals surface area contributed by atoms with Gasteiger partial charge in [0, 0.05) is 5.56 Å². The number of carbonyl (C=O) groups excluding carboxylic acids is 2. The topological polar surface area (TPSA) is 86.2 Å². The molecule has 7 nitrogen and oxygen atoms in total. The van der Waals surface area contributed by atoms with Gasteiger partial charge in [0.1, 0.15) is 11.5 Å². The van der Waals surface area contributed by atoms with Gasteiger partial charge in [-0.05, 0) is 42.0 Å². The predicted molar refractivity (Wildman–Crippen MR) is 92.0 cm³/mol. The van der Waals surface area contributed by atoms with E-state index in [2.05, 4.69) is 15.3 Å². The van der Waals surface area contributed by atoms with Crippen molar-refractivity contribution in [3.05, 3.63) is 59.7 Å². The number of nitrogens with zero attached hydrogens (tertiary/aromatic N) is 1. The van der Waals surface area contributed by atoms with E-state index >= 15 is 0 Å². The summed E-state index contributed by atoms with van der Waals surface area (Å²) in [5.41, 5.74) is 3.61. The molecule has 2 aromatic carbocycles. The Hall–Kier alpha value is -3.35. The molecule has 130 valence electrons. The van der Waals surface area contributed by atoms with E-state index in [1.807, 2.05) is 0 Å². The molecule has 0 aliphatic carbocycles. The number of carbonyl (C=O) groups is 2. The van der Waals surface area contributed by atoms with Crippen LogP contribution in [-0.2, 0) is 9.53 Å². The van der Waals surface area contributed by atoms with Crippen LogP contribution in [0.4, 0.5) is 0 Å². The molecule has 0 fully saturated rings. The summed E-state index contributed by atoms with van der Waals surface area (Å²) in [6, 6.07) is 13.6. The molecule has 2 rings (SSSR count). The maximum absolute atomic E-state index is 12.0. The highest BCUT2D eigenvalue weighted by molar-refractivity contribution is 5.95. The third-order valence-electron chi connectivity index (χ3n) is 3.17. The minimum Gasteiger partial charge on any atom is -0.497 e. The van der Waals surface area contributed by atoms with Gasteiger partial charge in [-0.2, -0.15) is 5.10 Å². The molecular formula is C18H18N2O5. The van der Waals surface area contributed by atoms with E-state index in [9.17, 15) is 9.59 Å². The van der Waals surface area contributed by atoms with Crippen molar-refractivity contribution < 1.29 is 23.8 Å². The molecule has 0 aliphatic rings. The van der Waals surface area contributed by atoms with Crippen LogP contribution in [0.25, 0.3) is 0 Å². The average Bonchev–Trinajstić information content (AvgIpc) is 2.66. The Kier molecular flexibility index (Phi) is 6.53. The van der Waals surface area contributed by atoms with Crippen molar-refractivity contribution in [3.8, 4) is 11.5 Å². The molecule has 0 aliphatic heterocycles. The monoisotopic (exact) mass is 342 g/mol. The average molecular weight is 342 g/mol. The van der Waals surface area contributed by atoms with Gasteiger partial charge in [-0.1, -0.05) is 12.1 Å². The fourth-order valence-corrected chi connectivity index (χ4v) is 1.86. The molecule has 0 saturated heterocycles. The molecule has 7 heteroatoms. The standard InChI is InChI=1S/C18H18N2O5/c1-23-15-8-6-14(7-9-15)18(22)20-19-11-13-4-3-5-16(10-13)25-12-17(21)24-2/h3-11H,12H2,1-2H3,(H,20,22)/b19-11+. The van der Waals surface area contributed by atoms with Gasteiger partial charge in [-0.3, -0.25) is 4.79 Å². The number of hydrogen-bond donors (Lipinski definition) is 1. The first-order valence-electron chi connectivity index (χ1n) is 7.39. The van der Waals surface area contributed by atoms with Crippen LogP contribution < -0.4 is 14.9 Å². The van der Waals surface area contributed by atoms with Crippen molar-refractivity contribution in [2.75, 3.05) is 20.8 Å². The zero-order valence-electron chi connectivity index (χ0n) is 13.9. The van der Waals surface area contributed by atoms with Gasteiger partial charge in [0.2, 0.25) is 0 Å². The summed E-state index contributed by atoms with van der Waals surface area (Å²) >= 11 is 0. The summed E-state index contributed by atoms with van der Waals surface area (Å²) in [4.78, 5) is 23.0. The van der Waals surface area contributed by atoms with E-state index in [1.165, 1.54) is 13.3 Å². The first-order valence-corrected chi connectivity index (χ1v) is 7.39. The summed E-state index contributed by atoms with van der Waals surface area (Å²) in [6.45, 7) is -0.175. The number of benzene rings is 2. The van der Waals surface area contributed by atoms with Gasteiger partial charge in [-0.25, -0.2) is 10.2 Å². The number of ether oxygens (including phenoxy) is 3. The Morgan fingerprint density at radius 3 is 2.52 bits per heavy atom. The van der Waals surface area contributed by atoms with Crippen molar-refractivity contribution in [1.29, 1.82) is 0 Å². The predicted octanol–water partition coefficient (Wildman–Crippen LogP) is 2.01. The highest BCUT2D eigenvalue weighted by Crippen LogP contribution is 2.12. The second-order valence-corrected chi connectivity index (χ2v) is 4.86. The minimum atomic E-state index is -0.467. The first kappa shape index (κ1) is 18.0. The lowest BCUT2D eigenvalue weighted by molar-refractivity contribution is -0.142. The number of esters is 1. The SMILES string of the molecule is COC(=O)COc1cccc(/C=N/NC(=O)c2ccc(OC)cc2)c1. The number of nitrogens with one attached hydrogen (secondary N) is 1. The maximum Gasteiger partial charge on any atom is 0.343 e. The number of hydrogen-bond acceptors (Lipinski definition) is 6. The van der Waals surface area contributed by atoms with Crippen molar-refractivity contribution in [2.45, 2.75) is 0 Å². The molecule has 2 aromatic rings. The van der Waals surface area contributed by atoms with Crippen LogP contribution >= 0.6 is 0 Å². The maximum atomic E-state index is 12.0. The summed E-state index contributed by atoms with van der Waals surface area (Å²) in [5.74, 6) is 0.363.